The Bertz CT molecular complexity index is 1570. The van der Waals surface area contributed by atoms with Crippen LogP contribution in [0, 0.1) is 11.7 Å². The van der Waals surface area contributed by atoms with Gasteiger partial charge in [-0.05, 0) is 59.9 Å². The minimum absolute atomic E-state index is 0.0590. The van der Waals surface area contributed by atoms with Gasteiger partial charge in [-0.2, -0.15) is 0 Å². The molecule has 11 heteroatoms. The third-order valence-corrected chi connectivity index (χ3v) is 8.54. The SMILES string of the molecule is CC(C)CCOc1cccc(C2C(=C(O)c3ccncc3)C(=O)C(=O)N2c2nnc(SCc3ccc(F)cc3)s2)c1. The van der Waals surface area contributed by atoms with Crippen LogP contribution in [0.1, 0.15) is 43.0 Å². The molecule has 1 N–H and O–H groups in total. The highest BCUT2D eigenvalue weighted by atomic mass is 32.2. The predicted molar refractivity (Wildman–Crippen MR) is 156 cm³/mol. The zero-order valence-electron chi connectivity index (χ0n) is 22.4. The number of pyridine rings is 1. The van der Waals surface area contributed by atoms with Crippen molar-refractivity contribution in [2.45, 2.75) is 36.4 Å². The molecule has 2 aromatic carbocycles. The molecule has 5 rings (SSSR count). The fourth-order valence-electron chi connectivity index (χ4n) is 4.28. The van der Waals surface area contributed by atoms with Crippen LogP contribution in [0.4, 0.5) is 9.52 Å². The van der Waals surface area contributed by atoms with E-state index in [0.29, 0.717) is 39.5 Å². The number of nitrogens with zero attached hydrogens (tertiary/aromatic N) is 4. The number of ether oxygens (including phenoxy) is 1. The second-order valence-electron chi connectivity index (χ2n) is 9.77. The summed E-state index contributed by atoms with van der Waals surface area (Å²) in [5.74, 6) is -0.680. The quantitative estimate of drug-likeness (QED) is 0.0742. The van der Waals surface area contributed by atoms with Crippen LogP contribution in [0.25, 0.3) is 5.76 Å². The molecule has 1 unspecified atom stereocenters. The Hall–Kier alpha value is -4.09. The first-order valence-electron chi connectivity index (χ1n) is 13.0. The molecule has 0 bridgehead atoms. The van der Waals surface area contributed by atoms with Gasteiger partial charge in [-0.1, -0.05) is 61.2 Å². The van der Waals surface area contributed by atoms with Gasteiger partial charge in [0.25, 0.3) is 5.78 Å². The normalized spacial score (nSPS) is 16.5. The van der Waals surface area contributed by atoms with Crippen LogP contribution in [0.2, 0.25) is 0 Å². The van der Waals surface area contributed by atoms with Crippen molar-refractivity contribution < 1.29 is 23.8 Å². The van der Waals surface area contributed by atoms with Crippen LogP contribution in [0.5, 0.6) is 5.75 Å². The average Bonchev–Trinajstić information content (AvgIpc) is 3.54. The molecule has 1 saturated heterocycles. The molecule has 4 aromatic rings. The van der Waals surface area contributed by atoms with Gasteiger partial charge in [-0.15, -0.1) is 10.2 Å². The van der Waals surface area contributed by atoms with Crippen LogP contribution in [0.15, 0.2) is 83.0 Å². The molecule has 0 saturated carbocycles. The van der Waals surface area contributed by atoms with E-state index in [4.69, 9.17) is 4.74 Å². The molecule has 3 heterocycles. The molecule has 1 fully saturated rings. The molecule has 1 atom stereocenters. The fourth-order valence-corrected chi connectivity index (χ4v) is 6.10. The monoisotopic (exact) mass is 590 g/mol. The van der Waals surface area contributed by atoms with Crippen molar-refractivity contribution in [3.63, 3.8) is 0 Å². The maximum absolute atomic E-state index is 13.5. The lowest BCUT2D eigenvalue weighted by Crippen LogP contribution is -2.29. The number of carbonyl (C=O) groups is 2. The number of amides is 1. The smallest absolute Gasteiger partial charge is 0.301 e. The number of rotatable bonds is 10. The Morgan fingerprint density at radius 2 is 1.85 bits per heavy atom. The topological polar surface area (TPSA) is 106 Å². The molecule has 210 valence electrons. The number of hydrogen-bond donors (Lipinski definition) is 1. The highest BCUT2D eigenvalue weighted by Gasteiger charge is 2.48. The molecule has 0 aliphatic carbocycles. The summed E-state index contributed by atoms with van der Waals surface area (Å²) >= 11 is 2.55. The number of aliphatic hydroxyl groups excluding tert-OH is 1. The zero-order valence-corrected chi connectivity index (χ0v) is 24.0. The van der Waals surface area contributed by atoms with Crippen LogP contribution in [-0.2, 0) is 15.3 Å². The maximum Gasteiger partial charge on any atom is 0.301 e. The third-order valence-electron chi connectivity index (χ3n) is 6.41. The van der Waals surface area contributed by atoms with E-state index in [1.807, 2.05) is 6.07 Å². The lowest BCUT2D eigenvalue weighted by atomic mass is 9.95. The van der Waals surface area contributed by atoms with Crippen LogP contribution in [-0.4, -0.2) is 38.6 Å². The number of halogens is 1. The largest absolute Gasteiger partial charge is 0.507 e. The molecule has 1 aliphatic heterocycles. The Balaban J connectivity index is 1.51. The fraction of sp³-hybridized carbons (Fsp3) is 0.233. The van der Waals surface area contributed by atoms with Crippen molar-refractivity contribution in [3.05, 3.63) is 101 Å². The van der Waals surface area contributed by atoms with Crippen LogP contribution < -0.4 is 9.64 Å². The molecule has 0 spiro atoms. The third kappa shape index (κ3) is 6.47. The first-order valence-corrected chi connectivity index (χ1v) is 14.8. The first kappa shape index (κ1) is 28.4. The van der Waals surface area contributed by atoms with E-state index in [1.54, 1.807) is 42.5 Å². The van der Waals surface area contributed by atoms with Crippen molar-refractivity contribution in [1.29, 1.82) is 0 Å². The summed E-state index contributed by atoms with van der Waals surface area (Å²) in [7, 11) is 0. The zero-order chi connectivity index (χ0) is 28.9. The van der Waals surface area contributed by atoms with Crippen molar-refractivity contribution in [3.8, 4) is 5.75 Å². The number of ketones is 1. The molecule has 1 amide bonds. The van der Waals surface area contributed by atoms with Gasteiger partial charge in [0.1, 0.15) is 17.3 Å². The summed E-state index contributed by atoms with van der Waals surface area (Å²) in [5, 5.41) is 20.0. The Morgan fingerprint density at radius 1 is 1.10 bits per heavy atom. The number of benzene rings is 2. The lowest BCUT2D eigenvalue weighted by molar-refractivity contribution is -0.132. The van der Waals surface area contributed by atoms with Crippen molar-refractivity contribution in [2.75, 3.05) is 11.5 Å². The summed E-state index contributed by atoms with van der Waals surface area (Å²) in [6, 6.07) is 15.5. The summed E-state index contributed by atoms with van der Waals surface area (Å²) in [6.45, 7) is 4.74. The number of aromatic nitrogens is 3. The van der Waals surface area contributed by atoms with E-state index in [-0.39, 0.29) is 22.3 Å². The lowest BCUT2D eigenvalue weighted by Gasteiger charge is -2.23. The first-order chi connectivity index (χ1) is 19.8. The van der Waals surface area contributed by atoms with E-state index < -0.39 is 17.7 Å². The van der Waals surface area contributed by atoms with Gasteiger partial charge < -0.3 is 9.84 Å². The van der Waals surface area contributed by atoms with Crippen molar-refractivity contribution in [2.24, 2.45) is 5.92 Å². The standard InChI is InChI=1S/C30H27FN4O4S2/c1-18(2)12-15-39-23-5-3-4-21(16-23)25-24(26(36)20-10-13-32-14-11-20)27(37)28(38)35(25)29-33-34-30(41-29)40-17-19-6-8-22(31)9-7-19/h3-11,13-14,16,18,25,36H,12,15,17H2,1-2H3. The highest BCUT2D eigenvalue weighted by molar-refractivity contribution is 8.00. The maximum atomic E-state index is 13.5. The van der Waals surface area contributed by atoms with E-state index in [1.165, 1.54) is 41.2 Å². The molecule has 41 heavy (non-hydrogen) atoms. The summed E-state index contributed by atoms with van der Waals surface area (Å²) in [4.78, 5) is 32.2. The van der Waals surface area contributed by atoms with Gasteiger partial charge in [0.15, 0.2) is 4.34 Å². The number of Topliss-reactive ketones (excluding diaryl/α,β-unsaturated/α-hetero) is 1. The van der Waals surface area contributed by atoms with E-state index in [0.717, 1.165) is 23.3 Å². The second kappa shape index (κ2) is 12.6. The van der Waals surface area contributed by atoms with E-state index in [2.05, 4.69) is 29.0 Å². The Morgan fingerprint density at radius 3 is 2.59 bits per heavy atom. The second-order valence-corrected chi connectivity index (χ2v) is 12.0. The molecular formula is C30H27FN4O4S2. The molecule has 2 aromatic heterocycles. The summed E-state index contributed by atoms with van der Waals surface area (Å²) in [6.07, 6.45) is 3.87. The number of aliphatic hydroxyl groups is 1. The summed E-state index contributed by atoms with van der Waals surface area (Å²) in [5.41, 5.74) is 1.79. The van der Waals surface area contributed by atoms with Gasteiger partial charge in [-0.3, -0.25) is 19.5 Å². The Kier molecular flexibility index (Phi) is 8.75. The summed E-state index contributed by atoms with van der Waals surface area (Å²) < 4.78 is 19.8. The molecular weight excluding hydrogens is 563 g/mol. The predicted octanol–water partition coefficient (Wildman–Crippen LogP) is 6.42. The van der Waals surface area contributed by atoms with Gasteiger partial charge in [0.2, 0.25) is 5.13 Å². The number of anilines is 1. The van der Waals surface area contributed by atoms with Gasteiger partial charge in [-0.25, -0.2) is 4.39 Å². The number of hydrogen-bond acceptors (Lipinski definition) is 9. The average molecular weight is 591 g/mol. The molecule has 1 aliphatic rings. The van der Waals surface area contributed by atoms with Crippen molar-refractivity contribution >= 4 is 45.7 Å². The van der Waals surface area contributed by atoms with Crippen LogP contribution >= 0.6 is 23.1 Å². The number of thioether (sulfide) groups is 1. The van der Waals surface area contributed by atoms with Crippen molar-refractivity contribution in [1.82, 2.24) is 15.2 Å². The minimum atomic E-state index is -0.959. The minimum Gasteiger partial charge on any atom is -0.507 e. The Labute approximate surface area is 244 Å². The number of carbonyl (C=O) groups excluding carboxylic acids is 2. The van der Waals surface area contributed by atoms with Crippen LogP contribution in [0.3, 0.4) is 0 Å². The van der Waals surface area contributed by atoms with Gasteiger partial charge in [0.05, 0.1) is 18.2 Å². The van der Waals surface area contributed by atoms with Gasteiger partial charge in [0, 0.05) is 23.7 Å². The van der Waals surface area contributed by atoms with E-state index >= 15 is 0 Å². The van der Waals surface area contributed by atoms with Gasteiger partial charge >= 0.3 is 5.91 Å². The molecule has 8 nitrogen and oxygen atoms in total. The highest BCUT2D eigenvalue weighted by Crippen LogP contribution is 2.44. The molecule has 0 radical (unpaired) electrons. The van der Waals surface area contributed by atoms with E-state index in [9.17, 15) is 19.1 Å².